The molecule has 0 bridgehead atoms. The summed E-state index contributed by atoms with van der Waals surface area (Å²) in [5, 5.41) is 11.2. The number of carboxylic acids is 1. The summed E-state index contributed by atoms with van der Waals surface area (Å²) in [6.07, 6.45) is 2.25. The Balaban J connectivity index is 2.02. The maximum atomic E-state index is 10.9. The molecule has 4 nitrogen and oxygen atoms in total. The van der Waals surface area contributed by atoms with Crippen molar-refractivity contribution in [2.75, 3.05) is 0 Å². The van der Waals surface area contributed by atoms with Gasteiger partial charge in [0.25, 0.3) is 0 Å². The number of hydrogen-bond acceptors (Lipinski definition) is 4. The van der Waals surface area contributed by atoms with E-state index in [1.165, 1.54) is 24.2 Å². The molecule has 0 atom stereocenters. The number of carboxylic acid groups (broad SMARTS) is 1. The van der Waals surface area contributed by atoms with Crippen LogP contribution in [0.4, 0.5) is 0 Å². The molecule has 5 heteroatoms. The average molecular weight is 211 g/mol. The van der Waals surface area contributed by atoms with Crippen molar-refractivity contribution in [2.24, 2.45) is 0 Å². The lowest BCUT2D eigenvalue weighted by Gasteiger charge is -1.90. The van der Waals surface area contributed by atoms with Crippen molar-refractivity contribution >= 4 is 23.1 Å². The largest absolute Gasteiger partial charge is 0.475 e. The Bertz CT molecular complexity index is 381. The number of aliphatic carboxylic acids is 1. The van der Waals surface area contributed by atoms with Crippen molar-refractivity contribution < 1.29 is 14.7 Å². The van der Waals surface area contributed by atoms with E-state index in [4.69, 9.17) is 5.11 Å². The van der Waals surface area contributed by atoms with Crippen LogP contribution < -0.4 is 0 Å². The normalized spacial score (nSPS) is 15.4. The molecule has 0 unspecified atom stereocenters. The van der Waals surface area contributed by atoms with E-state index in [1.54, 1.807) is 5.38 Å². The van der Waals surface area contributed by atoms with Gasteiger partial charge in [0.2, 0.25) is 5.78 Å². The number of rotatable bonds is 4. The molecule has 0 saturated heterocycles. The molecule has 1 heterocycles. The van der Waals surface area contributed by atoms with Crippen LogP contribution in [0.5, 0.6) is 0 Å². The minimum absolute atomic E-state index is 0.0848. The van der Waals surface area contributed by atoms with Gasteiger partial charge in [-0.25, -0.2) is 9.78 Å². The molecule has 0 aliphatic heterocycles. The first-order valence-corrected chi connectivity index (χ1v) is 5.25. The van der Waals surface area contributed by atoms with Gasteiger partial charge in [-0.2, -0.15) is 0 Å². The van der Waals surface area contributed by atoms with Crippen molar-refractivity contribution in [1.82, 2.24) is 4.98 Å². The number of ketones is 1. The van der Waals surface area contributed by atoms with Crippen LogP contribution in [-0.2, 0) is 16.0 Å². The average Bonchev–Trinajstić information content (AvgIpc) is 2.88. The van der Waals surface area contributed by atoms with Gasteiger partial charge in [-0.1, -0.05) is 0 Å². The first-order chi connectivity index (χ1) is 6.66. The third kappa shape index (κ3) is 1.98. The van der Waals surface area contributed by atoms with Crippen molar-refractivity contribution in [2.45, 2.75) is 25.2 Å². The van der Waals surface area contributed by atoms with Crippen LogP contribution in [0.3, 0.4) is 0 Å². The van der Waals surface area contributed by atoms with E-state index >= 15 is 0 Å². The molecule has 1 aliphatic rings. The number of carbonyl (C=O) groups is 2. The number of Topliss-reactive ketones (excluding diaryl/α,β-unsaturated/α-hetero) is 1. The number of aromatic nitrogens is 1. The van der Waals surface area contributed by atoms with E-state index in [0.29, 0.717) is 11.6 Å². The smallest absolute Gasteiger partial charge is 0.372 e. The van der Waals surface area contributed by atoms with Crippen LogP contribution >= 0.6 is 11.3 Å². The SMILES string of the molecule is O=C(O)C(=O)Cc1csc(C2CC2)n1. The molecule has 2 rings (SSSR count). The van der Waals surface area contributed by atoms with Crippen molar-refractivity contribution in [3.63, 3.8) is 0 Å². The predicted molar refractivity (Wildman–Crippen MR) is 50.4 cm³/mol. The lowest BCUT2D eigenvalue weighted by atomic mass is 10.2. The third-order valence-electron chi connectivity index (χ3n) is 2.08. The standard InChI is InChI=1S/C9H9NO3S/c11-7(9(12)13)3-6-4-14-8(10-6)5-1-2-5/h4-5H,1-3H2,(H,12,13). The van der Waals surface area contributed by atoms with Crippen molar-refractivity contribution in [3.05, 3.63) is 16.1 Å². The molecule has 1 saturated carbocycles. The molecule has 14 heavy (non-hydrogen) atoms. The van der Waals surface area contributed by atoms with Crippen LogP contribution in [-0.4, -0.2) is 21.8 Å². The molecular formula is C9H9NO3S. The van der Waals surface area contributed by atoms with E-state index in [1.807, 2.05) is 0 Å². The zero-order valence-electron chi connectivity index (χ0n) is 7.40. The van der Waals surface area contributed by atoms with Gasteiger partial charge < -0.3 is 5.11 Å². The number of thiazole rings is 1. The highest BCUT2D eigenvalue weighted by molar-refractivity contribution is 7.09. The maximum Gasteiger partial charge on any atom is 0.372 e. The zero-order valence-corrected chi connectivity index (χ0v) is 8.21. The molecule has 0 aromatic carbocycles. The molecule has 0 spiro atoms. The van der Waals surface area contributed by atoms with E-state index in [9.17, 15) is 9.59 Å². The fourth-order valence-corrected chi connectivity index (χ4v) is 2.15. The molecule has 1 fully saturated rings. The molecule has 74 valence electrons. The first kappa shape index (κ1) is 9.33. The summed E-state index contributed by atoms with van der Waals surface area (Å²) in [5.74, 6) is -1.61. The van der Waals surface area contributed by atoms with Gasteiger partial charge in [0.05, 0.1) is 17.1 Å². The Hall–Kier alpha value is -1.23. The topological polar surface area (TPSA) is 67.3 Å². The second-order valence-corrected chi connectivity index (χ2v) is 4.25. The second kappa shape index (κ2) is 3.49. The van der Waals surface area contributed by atoms with Gasteiger partial charge in [0, 0.05) is 11.3 Å². The lowest BCUT2D eigenvalue weighted by Crippen LogP contribution is -2.15. The molecule has 1 aromatic heterocycles. The van der Waals surface area contributed by atoms with Gasteiger partial charge in [-0.15, -0.1) is 11.3 Å². The second-order valence-electron chi connectivity index (χ2n) is 3.36. The summed E-state index contributed by atoms with van der Waals surface area (Å²) in [6, 6.07) is 0. The summed E-state index contributed by atoms with van der Waals surface area (Å²) in [5.41, 5.74) is 0.587. The van der Waals surface area contributed by atoms with E-state index in [0.717, 1.165) is 5.01 Å². The molecule has 1 aromatic rings. The Morgan fingerprint density at radius 3 is 2.86 bits per heavy atom. The quantitative estimate of drug-likeness (QED) is 0.760. The fraction of sp³-hybridized carbons (Fsp3) is 0.444. The Kier molecular flexibility index (Phi) is 2.33. The minimum atomic E-state index is -1.38. The molecule has 1 N–H and O–H groups in total. The van der Waals surface area contributed by atoms with E-state index in [-0.39, 0.29) is 6.42 Å². The van der Waals surface area contributed by atoms with E-state index < -0.39 is 11.8 Å². The third-order valence-corrected chi connectivity index (χ3v) is 3.13. The lowest BCUT2D eigenvalue weighted by molar-refractivity contribution is -0.148. The van der Waals surface area contributed by atoms with Crippen LogP contribution in [0, 0.1) is 0 Å². The molecule has 1 aliphatic carbocycles. The highest BCUT2D eigenvalue weighted by Crippen LogP contribution is 2.41. The summed E-state index contributed by atoms with van der Waals surface area (Å²) in [7, 11) is 0. The fourth-order valence-electron chi connectivity index (χ4n) is 1.16. The Morgan fingerprint density at radius 1 is 1.57 bits per heavy atom. The Labute approximate surface area is 84.6 Å². The molecule has 0 radical (unpaired) electrons. The van der Waals surface area contributed by atoms with Gasteiger partial charge in [-0.3, -0.25) is 4.79 Å². The molecular weight excluding hydrogens is 202 g/mol. The minimum Gasteiger partial charge on any atom is -0.475 e. The zero-order chi connectivity index (χ0) is 10.1. The summed E-state index contributed by atoms with van der Waals surface area (Å²) in [6.45, 7) is 0. The maximum absolute atomic E-state index is 10.9. The van der Waals surface area contributed by atoms with Gasteiger partial charge >= 0.3 is 5.97 Å². The highest BCUT2D eigenvalue weighted by Gasteiger charge is 2.27. The van der Waals surface area contributed by atoms with E-state index in [2.05, 4.69) is 4.98 Å². The van der Waals surface area contributed by atoms with Crippen LogP contribution in [0.15, 0.2) is 5.38 Å². The Morgan fingerprint density at radius 2 is 2.29 bits per heavy atom. The highest BCUT2D eigenvalue weighted by atomic mass is 32.1. The van der Waals surface area contributed by atoms with Gasteiger partial charge in [-0.05, 0) is 12.8 Å². The summed E-state index contributed by atoms with van der Waals surface area (Å²) in [4.78, 5) is 25.4. The number of carbonyl (C=O) groups excluding carboxylic acids is 1. The van der Waals surface area contributed by atoms with Crippen molar-refractivity contribution in [1.29, 1.82) is 0 Å². The number of hydrogen-bond donors (Lipinski definition) is 1. The van der Waals surface area contributed by atoms with Gasteiger partial charge in [0.15, 0.2) is 0 Å². The van der Waals surface area contributed by atoms with Gasteiger partial charge in [0.1, 0.15) is 0 Å². The summed E-state index contributed by atoms with van der Waals surface area (Å²) < 4.78 is 0. The van der Waals surface area contributed by atoms with Crippen LogP contribution in [0.25, 0.3) is 0 Å². The molecule has 0 amide bonds. The van der Waals surface area contributed by atoms with Crippen LogP contribution in [0.2, 0.25) is 0 Å². The van der Waals surface area contributed by atoms with Crippen LogP contribution in [0.1, 0.15) is 29.5 Å². The predicted octanol–water partition coefficient (Wildman–Crippen LogP) is 1.22. The number of nitrogens with zero attached hydrogens (tertiary/aromatic N) is 1. The summed E-state index contributed by atoms with van der Waals surface area (Å²) >= 11 is 1.52. The van der Waals surface area contributed by atoms with Crippen molar-refractivity contribution in [3.8, 4) is 0 Å². The monoisotopic (exact) mass is 211 g/mol. The first-order valence-electron chi connectivity index (χ1n) is 4.37.